The fraction of sp³-hybridized carbons (Fsp3) is 0.0625. The zero-order valence-electron chi connectivity index (χ0n) is 10.3. The van der Waals surface area contributed by atoms with E-state index in [-0.39, 0.29) is 5.78 Å². The molecule has 0 saturated heterocycles. The van der Waals surface area contributed by atoms with Gasteiger partial charge in [0.05, 0.1) is 12.7 Å². The first-order valence-corrected chi connectivity index (χ1v) is 6.45. The topological polar surface area (TPSA) is 26.3 Å². The molecule has 2 nitrogen and oxygen atoms in total. The summed E-state index contributed by atoms with van der Waals surface area (Å²) in [5.74, 6) is 5.73. The summed E-state index contributed by atoms with van der Waals surface area (Å²) in [7, 11) is 1.53. The Labute approximate surface area is 120 Å². The van der Waals surface area contributed by atoms with Crippen molar-refractivity contribution in [2.45, 2.75) is 0 Å². The van der Waals surface area contributed by atoms with Gasteiger partial charge >= 0.3 is 0 Å². The van der Waals surface area contributed by atoms with Crippen LogP contribution in [0, 0.1) is 11.8 Å². The highest BCUT2D eigenvalue weighted by Gasteiger charge is 2.10. The Balaban J connectivity index is 2.29. The molecule has 0 aromatic heterocycles. The van der Waals surface area contributed by atoms with E-state index in [1.165, 1.54) is 7.11 Å². The molecule has 0 amide bonds. The lowest BCUT2D eigenvalue weighted by atomic mass is 10.1. The number of ketones is 1. The summed E-state index contributed by atoms with van der Waals surface area (Å²) in [5.41, 5.74) is 1.28. The molecule has 0 fully saturated rings. The highest BCUT2D eigenvalue weighted by molar-refractivity contribution is 9.10. The van der Waals surface area contributed by atoms with Crippen molar-refractivity contribution in [2.24, 2.45) is 0 Å². The second-order valence-electron chi connectivity index (χ2n) is 3.79. The number of benzene rings is 2. The molecule has 3 heteroatoms. The molecule has 0 aliphatic heterocycles. The molecular weight excluding hydrogens is 304 g/mol. The van der Waals surface area contributed by atoms with Gasteiger partial charge in [-0.2, -0.15) is 0 Å². The zero-order chi connectivity index (χ0) is 13.7. The molecule has 0 radical (unpaired) electrons. The molecule has 2 aromatic rings. The number of Topliss-reactive ketones (excluding diaryl/α,β-unsaturated/α-hetero) is 1. The maximum atomic E-state index is 12.0. The maximum absolute atomic E-state index is 12.0. The van der Waals surface area contributed by atoms with Crippen LogP contribution in [0.25, 0.3) is 0 Å². The summed E-state index contributed by atoms with van der Waals surface area (Å²) >= 11 is 3.33. The third-order valence-corrected chi connectivity index (χ3v) is 3.00. The van der Waals surface area contributed by atoms with Crippen LogP contribution in [0.4, 0.5) is 0 Å². The highest BCUT2D eigenvalue weighted by atomic mass is 79.9. The SMILES string of the molecule is COc1cc(Br)ccc1C(=O)C#Cc1ccccc1. The number of hydrogen-bond acceptors (Lipinski definition) is 2. The Morgan fingerprint density at radius 2 is 1.89 bits per heavy atom. The Kier molecular flexibility index (Phi) is 4.38. The van der Waals surface area contributed by atoms with Crippen LogP contribution < -0.4 is 4.74 Å². The van der Waals surface area contributed by atoms with E-state index >= 15 is 0 Å². The number of ether oxygens (including phenoxy) is 1. The van der Waals surface area contributed by atoms with Gasteiger partial charge in [-0.05, 0) is 36.3 Å². The summed E-state index contributed by atoms with van der Waals surface area (Å²) in [6.07, 6.45) is 0. The molecule has 0 N–H and O–H groups in total. The predicted molar refractivity (Wildman–Crippen MR) is 78.3 cm³/mol. The second kappa shape index (κ2) is 6.21. The van der Waals surface area contributed by atoms with Gasteiger partial charge in [-0.25, -0.2) is 0 Å². The zero-order valence-corrected chi connectivity index (χ0v) is 11.9. The predicted octanol–water partition coefficient (Wildman–Crippen LogP) is 3.69. The first kappa shape index (κ1) is 13.4. The van der Waals surface area contributed by atoms with Gasteiger partial charge < -0.3 is 4.74 Å². The van der Waals surface area contributed by atoms with Gasteiger partial charge in [0, 0.05) is 10.0 Å². The maximum Gasteiger partial charge on any atom is 0.239 e. The van der Waals surface area contributed by atoms with Crippen molar-refractivity contribution in [2.75, 3.05) is 7.11 Å². The molecule has 19 heavy (non-hydrogen) atoms. The standard InChI is InChI=1S/C16H11BrO2/c1-19-16-11-13(17)8-9-14(16)15(18)10-7-12-5-3-2-4-6-12/h2-6,8-9,11H,1H3. The number of carbonyl (C=O) groups is 1. The normalized spacial score (nSPS) is 9.37. The van der Waals surface area contributed by atoms with Crippen LogP contribution in [0.15, 0.2) is 53.0 Å². The van der Waals surface area contributed by atoms with Crippen LogP contribution in [0.1, 0.15) is 15.9 Å². The summed E-state index contributed by atoms with van der Waals surface area (Å²) in [4.78, 5) is 12.0. The van der Waals surface area contributed by atoms with Crippen molar-refractivity contribution in [3.05, 3.63) is 64.1 Å². The van der Waals surface area contributed by atoms with Gasteiger partial charge in [0.15, 0.2) is 0 Å². The van der Waals surface area contributed by atoms with E-state index in [0.29, 0.717) is 11.3 Å². The summed E-state index contributed by atoms with van der Waals surface area (Å²) in [5, 5.41) is 0. The first-order chi connectivity index (χ1) is 9.20. The van der Waals surface area contributed by atoms with Crippen molar-refractivity contribution < 1.29 is 9.53 Å². The molecule has 0 atom stereocenters. The number of rotatable bonds is 2. The highest BCUT2D eigenvalue weighted by Crippen LogP contribution is 2.23. The molecule has 94 valence electrons. The number of hydrogen-bond donors (Lipinski definition) is 0. The molecule has 0 bridgehead atoms. The van der Waals surface area contributed by atoms with Crippen molar-refractivity contribution in [3.8, 4) is 17.6 Å². The molecular formula is C16H11BrO2. The number of carbonyl (C=O) groups excluding carboxylic acids is 1. The molecule has 0 saturated carbocycles. The minimum absolute atomic E-state index is 0.256. The fourth-order valence-corrected chi connectivity index (χ4v) is 1.91. The lowest BCUT2D eigenvalue weighted by Crippen LogP contribution is -1.99. The van der Waals surface area contributed by atoms with Crippen molar-refractivity contribution in [3.63, 3.8) is 0 Å². The minimum atomic E-state index is -0.256. The lowest BCUT2D eigenvalue weighted by Gasteiger charge is -2.04. The van der Waals surface area contributed by atoms with Crippen LogP contribution in [0.3, 0.4) is 0 Å². The molecule has 0 spiro atoms. The van der Waals surface area contributed by atoms with Gasteiger partial charge in [-0.3, -0.25) is 4.79 Å². The summed E-state index contributed by atoms with van der Waals surface area (Å²) < 4.78 is 6.04. The summed E-state index contributed by atoms with van der Waals surface area (Å²) in [6, 6.07) is 14.6. The van der Waals surface area contributed by atoms with Gasteiger partial charge in [0.1, 0.15) is 5.75 Å². The summed E-state index contributed by atoms with van der Waals surface area (Å²) in [6.45, 7) is 0. The van der Waals surface area contributed by atoms with Gasteiger partial charge in [0.2, 0.25) is 5.78 Å². The Bertz CT molecular complexity index is 651. The monoisotopic (exact) mass is 314 g/mol. The lowest BCUT2D eigenvalue weighted by molar-refractivity contribution is 0.105. The quantitative estimate of drug-likeness (QED) is 0.624. The molecule has 2 rings (SSSR count). The van der Waals surface area contributed by atoms with Crippen LogP contribution in [0.5, 0.6) is 5.75 Å². The van der Waals surface area contributed by atoms with E-state index in [1.807, 2.05) is 30.3 Å². The first-order valence-electron chi connectivity index (χ1n) is 5.65. The van der Waals surface area contributed by atoms with E-state index in [1.54, 1.807) is 18.2 Å². The third kappa shape index (κ3) is 3.46. The van der Waals surface area contributed by atoms with Crippen LogP contribution in [0.2, 0.25) is 0 Å². The van der Waals surface area contributed by atoms with Gasteiger partial charge in [-0.15, -0.1) is 0 Å². The number of halogens is 1. The molecule has 0 aliphatic rings. The average Bonchev–Trinajstić information content (AvgIpc) is 2.45. The molecule has 0 aliphatic carbocycles. The number of methoxy groups -OCH3 is 1. The molecule has 2 aromatic carbocycles. The Morgan fingerprint density at radius 3 is 2.58 bits per heavy atom. The van der Waals surface area contributed by atoms with Crippen molar-refractivity contribution >= 4 is 21.7 Å². The Morgan fingerprint density at radius 1 is 1.16 bits per heavy atom. The smallest absolute Gasteiger partial charge is 0.239 e. The molecule has 0 unspecified atom stereocenters. The van der Waals surface area contributed by atoms with Gasteiger partial charge in [0.25, 0.3) is 0 Å². The van der Waals surface area contributed by atoms with Crippen LogP contribution in [-0.4, -0.2) is 12.9 Å². The second-order valence-corrected chi connectivity index (χ2v) is 4.71. The van der Waals surface area contributed by atoms with Crippen molar-refractivity contribution in [1.29, 1.82) is 0 Å². The van der Waals surface area contributed by atoms with E-state index in [0.717, 1.165) is 10.0 Å². The largest absolute Gasteiger partial charge is 0.496 e. The van der Waals surface area contributed by atoms with Gasteiger partial charge in [-0.1, -0.05) is 40.0 Å². The fourth-order valence-electron chi connectivity index (χ4n) is 1.57. The third-order valence-electron chi connectivity index (χ3n) is 2.50. The van der Waals surface area contributed by atoms with E-state index in [9.17, 15) is 4.79 Å². The van der Waals surface area contributed by atoms with E-state index in [2.05, 4.69) is 27.8 Å². The van der Waals surface area contributed by atoms with Crippen LogP contribution in [-0.2, 0) is 0 Å². The molecule has 0 heterocycles. The van der Waals surface area contributed by atoms with E-state index < -0.39 is 0 Å². The van der Waals surface area contributed by atoms with Crippen LogP contribution >= 0.6 is 15.9 Å². The average molecular weight is 315 g/mol. The van der Waals surface area contributed by atoms with E-state index in [4.69, 9.17) is 4.74 Å². The van der Waals surface area contributed by atoms with Crippen molar-refractivity contribution in [1.82, 2.24) is 0 Å². The Hall–Kier alpha value is -2.05. The minimum Gasteiger partial charge on any atom is -0.496 e.